The summed E-state index contributed by atoms with van der Waals surface area (Å²) in [5, 5.41) is 4.22. The van der Waals surface area contributed by atoms with Crippen LogP contribution in [0, 0.1) is 11.8 Å². The van der Waals surface area contributed by atoms with Gasteiger partial charge >= 0.3 is 0 Å². The quantitative estimate of drug-likeness (QED) is 0.857. The molecule has 2 aliphatic rings. The molecule has 1 aliphatic heterocycles. The molecule has 2 atom stereocenters. The Labute approximate surface area is 136 Å². The third kappa shape index (κ3) is 2.76. The van der Waals surface area contributed by atoms with Crippen molar-refractivity contribution in [2.45, 2.75) is 32.1 Å². The van der Waals surface area contributed by atoms with Gasteiger partial charge in [0.05, 0.1) is 5.56 Å². The van der Waals surface area contributed by atoms with Gasteiger partial charge in [0.15, 0.2) is 5.82 Å². The van der Waals surface area contributed by atoms with Crippen molar-refractivity contribution in [3.63, 3.8) is 0 Å². The monoisotopic (exact) mass is 310 g/mol. The van der Waals surface area contributed by atoms with E-state index in [1.165, 1.54) is 25.7 Å². The number of fused-ring (bicyclic) bond motifs is 1. The fourth-order valence-corrected chi connectivity index (χ4v) is 4.10. The van der Waals surface area contributed by atoms with Crippen LogP contribution < -0.4 is 0 Å². The largest absolute Gasteiger partial charge is 0.338 e. The van der Waals surface area contributed by atoms with E-state index in [9.17, 15) is 4.79 Å². The maximum Gasteiger partial charge on any atom is 0.257 e. The fraction of sp³-hybridized carbons (Fsp3) is 0.500. The van der Waals surface area contributed by atoms with E-state index in [0.29, 0.717) is 17.3 Å². The second-order valence-corrected chi connectivity index (χ2v) is 6.67. The standard InChI is InChI=1S/C18H22N4O/c23-18(21-12-8-14-5-1-2-6-15(14)13-21)16-7-3-9-19-17(16)22-11-4-10-20-22/h3-4,7,9-11,14-15H,1-2,5-6,8,12-13H2/t14-,15-/m1/s1. The third-order valence-electron chi connectivity index (χ3n) is 5.32. The number of hydrogen-bond acceptors (Lipinski definition) is 3. The molecule has 0 bridgehead atoms. The van der Waals surface area contributed by atoms with Crippen molar-refractivity contribution >= 4 is 5.91 Å². The first-order chi connectivity index (χ1) is 11.3. The summed E-state index contributed by atoms with van der Waals surface area (Å²) in [6.45, 7) is 1.77. The molecule has 2 fully saturated rings. The van der Waals surface area contributed by atoms with Crippen LogP contribution in [0.25, 0.3) is 5.82 Å². The van der Waals surface area contributed by atoms with Gasteiger partial charge in [-0.1, -0.05) is 19.3 Å². The van der Waals surface area contributed by atoms with Crippen LogP contribution in [0.2, 0.25) is 0 Å². The minimum absolute atomic E-state index is 0.0904. The summed E-state index contributed by atoms with van der Waals surface area (Å²) >= 11 is 0. The molecule has 4 rings (SSSR count). The van der Waals surface area contributed by atoms with Gasteiger partial charge < -0.3 is 4.90 Å². The Morgan fingerprint density at radius 1 is 1.09 bits per heavy atom. The zero-order valence-corrected chi connectivity index (χ0v) is 13.3. The smallest absolute Gasteiger partial charge is 0.257 e. The number of carbonyl (C=O) groups is 1. The van der Waals surface area contributed by atoms with E-state index in [0.717, 1.165) is 25.4 Å². The minimum Gasteiger partial charge on any atom is -0.338 e. The molecule has 1 saturated heterocycles. The van der Waals surface area contributed by atoms with Gasteiger partial charge in [0.25, 0.3) is 5.91 Å². The Morgan fingerprint density at radius 3 is 2.78 bits per heavy atom. The number of rotatable bonds is 2. The summed E-state index contributed by atoms with van der Waals surface area (Å²) in [5.41, 5.74) is 0.644. The third-order valence-corrected chi connectivity index (χ3v) is 5.32. The molecule has 5 nitrogen and oxygen atoms in total. The Hall–Kier alpha value is -2.17. The Balaban J connectivity index is 1.58. The number of carbonyl (C=O) groups excluding carboxylic acids is 1. The number of pyridine rings is 1. The topological polar surface area (TPSA) is 51.0 Å². The molecule has 0 radical (unpaired) electrons. The van der Waals surface area contributed by atoms with Crippen molar-refractivity contribution in [2.24, 2.45) is 11.8 Å². The molecule has 0 unspecified atom stereocenters. The maximum atomic E-state index is 13.0. The summed E-state index contributed by atoms with van der Waals surface area (Å²) in [5.74, 6) is 2.22. The molecule has 0 aromatic carbocycles. The SMILES string of the molecule is O=C(c1cccnc1-n1cccn1)N1CC[C@H]2CCCC[C@@H]2C1. The van der Waals surface area contributed by atoms with Crippen molar-refractivity contribution in [1.82, 2.24) is 19.7 Å². The normalized spacial score (nSPS) is 24.3. The highest BCUT2D eigenvalue weighted by Gasteiger charge is 2.33. The van der Waals surface area contributed by atoms with Gasteiger partial charge in [0.2, 0.25) is 0 Å². The van der Waals surface area contributed by atoms with Crippen molar-refractivity contribution < 1.29 is 4.79 Å². The molecule has 1 aliphatic carbocycles. The first-order valence-electron chi connectivity index (χ1n) is 8.57. The number of hydrogen-bond donors (Lipinski definition) is 0. The number of aromatic nitrogens is 3. The zero-order valence-electron chi connectivity index (χ0n) is 13.3. The Kier molecular flexibility index (Phi) is 3.85. The number of piperidine rings is 1. The molecule has 120 valence electrons. The van der Waals surface area contributed by atoms with Gasteiger partial charge in [-0.15, -0.1) is 0 Å². The van der Waals surface area contributed by atoms with Crippen LogP contribution in [0.1, 0.15) is 42.5 Å². The van der Waals surface area contributed by atoms with Crippen molar-refractivity contribution in [1.29, 1.82) is 0 Å². The molecule has 0 spiro atoms. The van der Waals surface area contributed by atoms with E-state index < -0.39 is 0 Å². The minimum atomic E-state index is 0.0904. The first kappa shape index (κ1) is 14.4. The molecule has 3 heterocycles. The summed E-state index contributed by atoms with van der Waals surface area (Å²) in [7, 11) is 0. The van der Waals surface area contributed by atoms with E-state index in [1.807, 2.05) is 29.3 Å². The van der Waals surface area contributed by atoms with Crippen molar-refractivity contribution in [3.8, 4) is 5.82 Å². The lowest BCUT2D eigenvalue weighted by Crippen LogP contribution is -2.45. The van der Waals surface area contributed by atoms with Crippen LogP contribution in [-0.4, -0.2) is 38.7 Å². The highest BCUT2D eigenvalue weighted by Crippen LogP contribution is 2.36. The average molecular weight is 310 g/mol. The van der Waals surface area contributed by atoms with Crippen molar-refractivity contribution in [3.05, 3.63) is 42.4 Å². The summed E-state index contributed by atoms with van der Waals surface area (Å²) < 4.78 is 1.67. The molecular weight excluding hydrogens is 288 g/mol. The van der Waals surface area contributed by atoms with E-state index >= 15 is 0 Å². The molecule has 5 heteroatoms. The predicted molar refractivity (Wildman–Crippen MR) is 87.3 cm³/mol. The lowest BCUT2D eigenvalue weighted by molar-refractivity contribution is 0.0520. The van der Waals surface area contributed by atoms with Gasteiger partial charge in [0.1, 0.15) is 0 Å². The fourth-order valence-electron chi connectivity index (χ4n) is 4.10. The molecule has 0 N–H and O–H groups in total. The van der Waals surface area contributed by atoms with Crippen LogP contribution in [0.15, 0.2) is 36.8 Å². The Bertz CT molecular complexity index is 682. The van der Waals surface area contributed by atoms with E-state index in [4.69, 9.17) is 0 Å². The van der Waals surface area contributed by atoms with E-state index in [1.54, 1.807) is 17.1 Å². The van der Waals surface area contributed by atoms with Gasteiger partial charge in [0, 0.05) is 31.7 Å². The van der Waals surface area contributed by atoms with Crippen LogP contribution >= 0.6 is 0 Å². The predicted octanol–water partition coefficient (Wildman–Crippen LogP) is 2.92. The summed E-state index contributed by atoms with van der Waals surface area (Å²) in [6, 6.07) is 5.53. The lowest BCUT2D eigenvalue weighted by Gasteiger charge is -2.41. The zero-order chi connectivity index (χ0) is 15.6. The molecule has 23 heavy (non-hydrogen) atoms. The highest BCUT2D eigenvalue weighted by molar-refractivity contribution is 5.97. The number of likely N-dealkylation sites (tertiary alicyclic amines) is 1. The molecule has 2 aromatic rings. The van der Waals surface area contributed by atoms with Gasteiger partial charge in [-0.05, 0) is 42.9 Å². The van der Waals surface area contributed by atoms with E-state index in [-0.39, 0.29) is 5.91 Å². The molecule has 2 aromatic heterocycles. The van der Waals surface area contributed by atoms with Crippen LogP contribution in [0.4, 0.5) is 0 Å². The lowest BCUT2D eigenvalue weighted by atomic mass is 9.75. The van der Waals surface area contributed by atoms with Crippen LogP contribution in [-0.2, 0) is 0 Å². The molecule has 1 saturated carbocycles. The van der Waals surface area contributed by atoms with Gasteiger partial charge in [-0.3, -0.25) is 4.79 Å². The first-order valence-corrected chi connectivity index (χ1v) is 8.57. The Morgan fingerprint density at radius 2 is 1.96 bits per heavy atom. The van der Waals surface area contributed by atoms with E-state index in [2.05, 4.69) is 10.1 Å². The molecule has 1 amide bonds. The molecular formula is C18H22N4O. The second-order valence-electron chi connectivity index (χ2n) is 6.67. The van der Waals surface area contributed by atoms with Crippen molar-refractivity contribution in [2.75, 3.05) is 13.1 Å². The average Bonchev–Trinajstić information content (AvgIpc) is 3.15. The summed E-state index contributed by atoms with van der Waals surface area (Å²) in [4.78, 5) is 19.4. The number of amides is 1. The maximum absolute atomic E-state index is 13.0. The second kappa shape index (κ2) is 6.14. The van der Waals surface area contributed by atoms with Crippen LogP contribution in [0.3, 0.4) is 0 Å². The van der Waals surface area contributed by atoms with Gasteiger partial charge in [-0.25, -0.2) is 9.67 Å². The van der Waals surface area contributed by atoms with Crippen LogP contribution in [0.5, 0.6) is 0 Å². The van der Waals surface area contributed by atoms with Gasteiger partial charge in [-0.2, -0.15) is 5.10 Å². The number of nitrogens with zero attached hydrogens (tertiary/aromatic N) is 4. The summed E-state index contributed by atoms with van der Waals surface area (Å²) in [6.07, 6.45) is 11.7. The highest BCUT2D eigenvalue weighted by atomic mass is 16.2.